The van der Waals surface area contributed by atoms with Crippen LogP contribution in [0.2, 0.25) is 5.02 Å². The summed E-state index contributed by atoms with van der Waals surface area (Å²) < 4.78 is 7.91. The molecule has 0 bridgehead atoms. The van der Waals surface area contributed by atoms with E-state index in [2.05, 4.69) is 26.6 Å². The molecule has 1 unspecified atom stereocenters. The summed E-state index contributed by atoms with van der Waals surface area (Å²) in [4.78, 5) is 18.5. The van der Waals surface area contributed by atoms with Gasteiger partial charge in [-0.2, -0.15) is 4.98 Å². The van der Waals surface area contributed by atoms with Gasteiger partial charge in [-0.15, -0.1) is 5.10 Å². The van der Waals surface area contributed by atoms with Crippen LogP contribution in [0.3, 0.4) is 0 Å². The van der Waals surface area contributed by atoms with Crippen molar-refractivity contribution in [2.75, 3.05) is 17.2 Å². The van der Waals surface area contributed by atoms with Crippen molar-refractivity contribution in [2.45, 2.75) is 30.8 Å². The Balaban J connectivity index is 1.51. The van der Waals surface area contributed by atoms with Crippen molar-refractivity contribution in [1.29, 1.82) is 0 Å². The second-order valence-electron chi connectivity index (χ2n) is 8.70. The monoisotopic (exact) mass is 625 g/mol. The van der Waals surface area contributed by atoms with E-state index in [0.717, 1.165) is 11.1 Å². The fourth-order valence-corrected chi connectivity index (χ4v) is 5.80. The zero-order valence-corrected chi connectivity index (χ0v) is 24.3. The van der Waals surface area contributed by atoms with E-state index in [9.17, 15) is 9.90 Å². The first-order valence-electron chi connectivity index (χ1n) is 12.2. The Bertz CT molecular complexity index is 1570. The number of para-hydroxylation sites is 2. The quantitative estimate of drug-likeness (QED) is 0.181. The third-order valence-corrected chi connectivity index (χ3v) is 8.01. The lowest BCUT2D eigenvalue weighted by Gasteiger charge is -2.29. The van der Waals surface area contributed by atoms with E-state index in [1.165, 1.54) is 11.8 Å². The standard InChI is InChI=1S/C28H25BrClN5O3S/c1-3-38-23-11-7-6-10-21(23)32-26(37)24-16(2)31-27-33-28(39-15-18-8-4-5-9-20(18)30)34-35(27)25(24)17-12-13-22(36)19(29)14-17/h4-14,25,36H,3,15H2,1-2H3,(H,32,37)(H,31,33,34). The smallest absolute Gasteiger partial charge is 0.255 e. The lowest BCUT2D eigenvalue weighted by molar-refractivity contribution is -0.113. The minimum atomic E-state index is -0.612. The van der Waals surface area contributed by atoms with Gasteiger partial charge in [-0.25, -0.2) is 4.68 Å². The Morgan fingerprint density at radius 2 is 1.97 bits per heavy atom. The number of nitrogens with one attached hydrogen (secondary N) is 2. The highest BCUT2D eigenvalue weighted by atomic mass is 79.9. The first-order chi connectivity index (χ1) is 18.9. The van der Waals surface area contributed by atoms with Gasteiger partial charge in [0.1, 0.15) is 17.5 Å². The normalized spacial score (nSPS) is 14.5. The molecule has 1 amide bonds. The van der Waals surface area contributed by atoms with Crippen molar-refractivity contribution >= 4 is 56.8 Å². The Labute approximate surface area is 243 Å². The number of allylic oxidation sites excluding steroid dienone is 1. The summed E-state index contributed by atoms with van der Waals surface area (Å²) in [6.07, 6.45) is 0. The molecule has 1 atom stereocenters. The number of benzene rings is 3. The predicted molar refractivity (Wildman–Crippen MR) is 158 cm³/mol. The van der Waals surface area contributed by atoms with Gasteiger partial charge in [-0.3, -0.25) is 4.79 Å². The molecule has 3 aromatic carbocycles. The zero-order valence-electron chi connectivity index (χ0n) is 21.1. The predicted octanol–water partition coefficient (Wildman–Crippen LogP) is 7.02. The van der Waals surface area contributed by atoms with Crippen molar-refractivity contribution < 1.29 is 14.6 Å². The van der Waals surface area contributed by atoms with E-state index >= 15 is 0 Å². The fourth-order valence-electron chi connectivity index (χ4n) is 4.29. The topological polar surface area (TPSA) is 101 Å². The molecule has 3 N–H and O–H groups in total. The number of halogens is 2. The van der Waals surface area contributed by atoms with Crippen LogP contribution in [0.4, 0.5) is 11.6 Å². The van der Waals surface area contributed by atoms with Gasteiger partial charge < -0.3 is 20.5 Å². The van der Waals surface area contributed by atoms with Crippen LogP contribution in [0, 0.1) is 0 Å². The number of rotatable bonds is 8. The van der Waals surface area contributed by atoms with E-state index in [4.69, 9.17) is 26.4 Å². The molecular weight excluding hydrogens is 602 g/mol. The van der Waals surface area contributed by atoms with E-state index < -0.39 is 6.04 Å². The van der Waals surface area contributed by atoms with Crippen LogP contribution in [0.25, 0.3) is 0 Å². The summed E-state index contributed by atoms with van der Waals surface area (Å²) in [5, 5.41) is 22.4. The molecule has 0 aliphatic carbocycles. The van der Waals surface area contributed by atoms with Gasteiger partial charge in [-0.05, 0) is 71.2 Å². The number of carbonyl (C=O) groups is 1. The van der Waals surface area contributed by atoms with Crippen molar-refractivity contribution in [1.82, 2.24) is 14.8 Å². The van der Waals surface area contributed by atoms with E-state index in [-0.39, 0.29) is 11.7 Å². The number of amides is 1. The van der Waals surface area contributed by atoms with Gasteiger partial charge >= 0.3 is 0 Å². The number of aromatic nitrogens is 3. The summed E-state index contributed by atoms with van der Waals surface area (Å²) >= 11 is 11.2. The molecule has 5 rings (SSSR count). The lowest BCUT2D eigenvalue weighted by Crippen LogP contribution is -2.31. The molecule has 4 aromatic rings. The number of thioether (sulfide) groups is 1. The number of aromatic hydroxyl groups is 1. The van der Waals surface area contributed by atoms with E-state index in [0.29, 0.717) is 55.7 Å². The van der Waals surface area contributed by atoms with Crippen LogP contribution < -0.4 is 15.4 Å². The summed E-state index contributed by atoms with van der Waals surface area (Å²) in [7, 11) is 0. The summed E-state index contributed by atoms with van der Waals surface area (Å²) in [6, 6.07) is 19.5. The van der Waals surface area contributed by atoms with Gasteiger partial charge in [0.15, 0.2) is 0 Å². The van der Waals surface area contributed by atoms with Crippen LogP contribution in [-0.2, 0) is 10.5 Å². The van der Waals surface area contributed by atoms with Crippen LogP contribution in [0.1, 0.15) is 31.0 Å². The maximum Gasteiger partial charge on any atom is 0.255 e. The van der Waals surface area contributed by atoms with Crippen LogP contribution in [-0.4, -0.2) is 32.4 Å². The van der Waals surface area contributed by atoms with Crippen molar-refractivity contribution in [3.8, 4) is 11.5 Å². The van der Waals surface area contributed by atoms with Crippen LogP contribution >= 0.6 is 39.3 Å². The van der Waals surface area contributed by atoms with Crippen LogP contribution in [0.15, 0.2) is 87.6 Å². The van der Waals surface area contributed by atoms with Gasteiger partial charge in [0.2, 0.25) is 11.1 Å². The van der Waals surface area contributed by atoms with Crippen molar-refractivity contribution in [3.63, 3.8) is 0 Å². The number of hydrogen-bond donors (Lipinski definition) is 3. The second kappa shape index (κ2) is 11.7. The minimum Gasteiger partial charge on any atom is -0.507 e. The fraction of sp³-hybridized carbons (Fsp3) is 0.179. The molecule has 200 valence electrons. The molecule has 1 aliphatic heterocycles. The molecule has 0 saturated carbocycles. The SMILES string of the molecule is CCOc1ccccc1NC(=O)C1=C(C)Nc2nc(SCc3ccccc3Cl)nn2C1c1ccc(O)c(Br)c1. The Morgan fingerprint density at radius 3 is 2.74 bits per heavy atom. The second-order valence-corrected chi connectivity index (χ2v) is 10.9. The molecule has 1 aliphatic rings. The highest BCUT2D eigenvalue weighted by Crippen LogP contribution is 2.39. The Kier molecular flexibility index (Phi) is 8.15. The Hall–Kier alpha value is -3.47. The number of carbonyl (C=O) groups excluding carboxylic acids is 1. The number of phenolic OH excluding ortho intramolecular Hbond substituents is 1. The first-order valence-corrected chi connectivity index (χ1v) is 14.3. The van der Waals surface area contributed by atoms with Gasteiger partial charge in [0.05, 0.1) is 22.3 Å². The molecule has 8 nitrogen and oxygen atoms in total. The van der Waals surface area contributed by atoms with E-state index in [1.807, 2.05) is 56.3 Å². The molecule has 0 fully saturated rings. The summed E-state index contributed by atoms with van der Waals surface area (Å²) in [5.74, 6) is 1.47. The van der Waals surface area contributed by atoms with E-state index in [1.54, 1.807) is 28.9 Å². The number of ether oxygens (including phenoxy) is 1. The average Bonchev–Trinajstić information content (AvgIpc) is 3.32. The maximum atomic E-state index is 13.8. The number of phenols is 1. The summed E-state index contributed by atoms with van der Waals surface area (Å²) in [6.45, 7) is 4.19. The van der Waals surface area contributed by atoms with Crippen molar-refractivity contribution in [3.05, 3.63) is 98.6 Å². The molecule has 39 heavy (non-hydrogen) atoms. The zero-order chi connectivity index (χ0) is 27.5. The maximum absolute atomic E-state index is 13.8. The van der Waals surface area contributed by atoms with Gasteiger partial charge in [0, 0.05) is 16.5 Å². The largest absolute Gasteiger partial charge is 0.507 e. The van der Waals surface area contributed by atoms with Crippen LogP contribution in [0.5, 0.6) is 11.5 Å². The molecular formula is C28H25BrClN5O3S. The number of hydrogen-bond acceptors (Lipinski definition) is 7. The average molecular weight is 627 g/mol. The third-order valence-electron chi connectivity index (χ3n) is 6.11. The number of fused-ring (bicyclic) bond motifs is 1. The molecule has 0 saturated heterocycles. The number of anilines is 2. The van der Waals surface area contributed by atoms with Gasteiger partial charge in [-0.1, -0.05) is 59.8 Å². The number of nitrogens with zero attached hydrogens (tertiary/aromatic N) is 3. The first kappa shape index (κ1) is 27.1. The molecule has 11 heteroatoms. The highest BCUT2D eigenvalue weighted by Gasteiger charge is 2.35. The molecule has 1 aromatic heterocycles. The molecule has 0 spiro atoms. The molecule has 2 heterocycles. The molecule has 0 radical (unpaired) electrons. The Morgan fingerprint density at radius 1 is 1.21 bits per heavy atom. The third kappa shape index (κ3) is 5.78. The lowest BCUT2D eigenvalue weighted by atomic mass is 9.95. The van der Waals surface area contributed by atoms with Crippen molar-refractivity contribution in [2.24, 2.45) is 0 Å². The van der Waals surface area contributed by atoms with Gasteiger partial charge in [0.25, 0.3) is 5.91 Å². The highest BCUT2D eigenvalue weighted by molar-refractivity contribution is 9.10. The summed E-state index contributed by atoms with van der Waals surface area (Å²) in [5.41, 5.74) is 3.39. The minimum absolute atomic E-state index is 0.0971.